The third-order valence-electron chi connectivity index (χ3n) is 3.60. The molecule has 1 fully saturated rings. The quantitative estimate of drug-likeness (QED) is 0.716. The summed E-state index contributed by atoms with van der Waals surface area (Å²) in [4.78, 5) is 0. The number of phenols is 1. The SMILES string of the molecule is CCC(NCC1(CO)COC1)c1ccccc1O. The number of ether oxygens (including phenoxy) is 1. The fourth-order valence-corrected chi connectivity index (χ4v) is 2.24. The molecule has 18 heavy (non-hydrogen) atoms. The van der Waals surface area contributed by atoms with Gasteiger partial charge in [0.15, 0.2) is 0 Å². The molecule has 1 aromatic rings. The second-order valence-electron chi connectivity index (χ2n) is 5.05. The van der Waals surface area contributed by atoms with E-state index in [4.69, 9.17) is 4.74 Å². The minimum atomic E-state index is -0.141. The first-order chi connectivity index (χ1) is 8.71. The fraction of sp³-hybridized carbons (Fsp3) is 0.571. The van der Waals surface area contributed by atoms with Gasteiger partial charge in [0.25, 0.3) is 0 Å². The maximum Gasteiger partial charge on any atom is 0.120 e. The Morgan fingerprint density at radius 1 is 1.39 bits per heavy atom. The lowest BCUT2D eigenvalue weighted by Gasteiger charge is -2.41. The Morgan fingerprint density at radius 3 is 2.61 bits per heavy atom. The molecule has 1 aliphatic heterocycles. The molecule has 2 rings (SSSR count). The zero-order valence-corrected chi connectivity index (χ0v) is 10.7. The van der Waals surface area contributed by atoms with Crippen molar-refractivity contribution in [2.45, 2.75) is 19.4 Å². The van der Waals surface area contributed by atoms with Crippen molar-refractivity contribution in [1.82, 2.24) is 5.32 Å². The molecule has 0 aromatic heterocycles. The Kier molecular flexibility index (Phi) is 4.22. The molecule has 1 atom stereocenters. The van der Waals surface area contributed by atoms with Crippen LogP contribution in [-0.4, -0.2) is 36.6 Å². The maximum atomic E-state index is 9.86. The molecular weight excluding hydrogens is 230 g/mol. The van der Waals surface area contributed by atoms with Gasteiger partial charge in [-0.15, -0.1) is 0 Å². The van der Waals surface area contributed by atoms with Crippen molar-refractivity contribution in [2.24, 2.45) is 5.41 Å². The number of aromatic hydroxyl groups is 1. The predicted octanol–water partition coefficient (Wildman–Crippen LogP) is 1.44. The Bertz CT molecular complexity index is 385. The van der Waals surface area contributed by atoms with Crippen LogP contribution in [0.2, 0.25) is 0 Å². The largest absolute Gasteiger partial charge is 0.508 e. The Labute approximate surface area is 108 Å². The van der Waals surface area contributed by atoms with E-state index in [0.29, 0.717) is 25.5 Å². The average molecular weight is 251 g/mol. The summed E-state index contributed by atoms with van der Waals surface area (Å²) in [6.07, 6.45) is 0.889. The van der Waals surface area contributed by atoms with Crippen molar-refractivity contribution in [2.75, 3.05) is 26.4 Å². The van der Waals surface area contributed by atoms with Gasteiger partial charge in [0, 0.05) is 18.2 Å². The van der Waals surface area contributed by atoms with Gasteiger partial charge in [-0.2, -0.15) is 0 Å². The highest BCUT2D eigenvalue weighted by Gasteiger charge is 2.38. The molecular formula is C14H21NO3. The van der Waals surface area contributed by atoms with Crippen LogP contribution in [0.15, 0.2) is 24.3 Å². The lowest BCUT2D eigenvalue weighted by Crippen LogP contribution is -2.52. The summed E-state index contributed by atoms with van der Waals surface area (Å²) >= 11 is 0. The average Bonchev–Trinajstić information content (AvgIpc) is 2.34. The molecule has 0 radical (unpaired) electrons. The van der Waals surface area contributed by atoms with E-state index in [1.165, 1.54) is 0 Å². The minimum absolute atomic E-state index is 0.107. The van der Waals surface area contributed by atoms with Crippen LogP contribution >= 0.6 is 0 Å². The van der Waals surface area contributed by atoms with Gasteiger partial charge >= 0.3 is 0 Å². The van der Waals surface area contributed by atoms with Crippen LogP contribution in [-0.2, 0) is 4.74 Å². The van der Waals surface area contributed by atoms with E-state index < -0.39 is 0 Å². The van der Waals surface area contributed by atoms with E-state index in [2.05, 4.69) is 12.2 Å². The number of hydrogen-bond acceptors (Lipinski definition) is 4. The van der Waals surface area contributed by atoms with Crippen LogP contribution in [0.3, 0.4) is 0 Å². The van der Waals surface area contributed by atoms with Gasteiger partial charge in [-0.25, -0.2) is 0 Å². The number of aliphatic hydroxyl groups is 1. The topological polar surface area (TPSA) is 61.7 Å². The van der Waals surface area contributed by atoms with E-state index in [0.717, 1.165) is 12.0 Å². The maximum absolute atomic E-state index is 9.86. The van der Waals surface area contributed by atoms with Crippen LogP contribution in [0.25, 0.3) is 0 Å². The van der Waals surface area contributed by atoms with Gasteiger partial charge in [-0.05, 0) is 12.5 Å². The molecule has 3 N–H and O–H groups in total. The number of nitrogens with one attached hydrogen (secondary N) is 1. The number of hydrogen-bond donors (Lipinski definition) is 3. The van der Waals surface area contributed by atoms with Crippen molar-refractivity contribution in [3.8, 4) is 5.75 Å². The van der Waals surface area contributed by atoms with Crippen molar-refractivity contribution < 1.29 is 14.9 Å². The summed E-state index contributed by atoms with van der Waals surface area (Å²) < 4.78 is 5.18. The molecule has 1 aliphatic rings. The van der Waals surface area contributed by atoms with E-state index in [1.807, 2.05) is 18.2 Å². The molecule has 0 aliphatic carbocycles. The third-order valence-corrected chi connectivity index (χ3v) is 3.60. The smallest absolute Gasteiger partial charge is 0.120 e. The molecule has 0 saturated carbocycles. The van der Waals surface area contributed by atoms with Crippen LogP contribution in [0.1, 0.15) is 24.9 Å². The molecule has 0 bridgehead atoms. The van der Waals surface area contributed by atoms with Crippen LogP contribution in [0.4, 0.5) is 0 Å². The summed E-state index contributed by atoms with van der Waals surface area (Å²) in [5, 5.41) is 22.7. The fourth-order valence-electron chi connectivity index (χ4n) is 2.24. The van der Waals surface area contributed by atoms with Crippen molar-refractivity contribution >= 4 is 0 Å². The van der Waals surface area contributed by atoms with Crippen LogP contribution in [0.5, 0.6) is 5.75 Å². The van der Waals surface area contributed by atoms with Crippen molar-refractivity contribution in [1.29, 1.82) is 0 Å². The second-order valence-corrected chi connectivity index (χ2v) is 5.05. The van der Waals surface area contributed by atoms with Crippen LogP contribution in [0, 0.1) is 5.41 Å². The van der Waals surface area contributed by atoms with E-state index >= 15 is 0 Å². The lowest BCUT2D eigenvalue weighted by molar-refractivity contribution is -0.135. The summed E-state index contributed by atoms with van der Waals surface area (Å²) in [6.45, 7) is 4.13. The summed E-state index contributed by atoms with van der Waals surface area (Å²) in [5.74, 6) is 0.319. The van der Waals surface area contributed by atoms with Gasteiger partial charge in [-0.1, -0.05) is 25.1 Å². The minimum Gasteiger partial charge on any atom is -0.508 e. The zero-order chi connectivity index (χ0) is 13.0. The van der Waals surface area contributed by atoms with E-state index in [9.17, 15) is 10.2 Å². The highest BCUT2D eigenvalue weighted by atomic mass is 16.5. The van der Waals surface area contributed by atoms with Crippen LogP contribution < -0.4 is 5.32 Å². The Balaban J connectivity index is 2.00. The summed E-state index contributed by atoms with van der Waals surface area (Å²) in [6, 6.07) is 7.48. The number of benzene rings is 1. The van der Waals surface area contributed by atoms with Gasteiger partial charge in [0.05, 0.1) is 25.2 Å². The first kappa shape index (κ1) is 13.3. The van der Waals surface area contributed by atoms with E-state index in [-0.39, 0.29) is 18.1 Å². The predicted molar refractivity (Wildman–Crippen MR) is 69.5 cm³/mol. The Hall–Kier alpha value is -1.10. The van der Waals surface area contributed by atoms with Gasteiger partial charge in [0.1, 0.15) is 5.75 Å². The number of phenolic OH excluding ortho intramolecular Hbond substituents is 1. The summed E-state index contributed by atoms with van der Waals surface area (Å²) in [7, 11) is 0. The standard InChI is InChI=1S/C14H21NO3/c1-2-12(11-5-3-4-6-13(11)17)15-7-14(8-16)9-18-10-14/h3-6,12,15-17H,2,7-10H2,1H3. The highest BCUT2D eigenvalue weighted by Crippen LogP contribution is 2.29. The molecule has 0 spiro atoms. The molecule has 1 aromatic carbocycles. The van der Waals surface area contributed by atoms with Gasteiger partial charge in [-0.3, -0.25) is 0 Å². The number of rotatable bonds is 6. The third kappa shape index (κ3) is 2.66. The molecule has 1 unspecified atom stereocenters. The van der Waals surface area contributed by atoms with Crippen molar-refractivity contribution in [3.63, 3.8) is 0 Å². The first-order valence-corrected chi connectivity index (χ1v) is 6.41. The molecule has 0 amide bonds. The molecule has 1 saturated heterocycles. The van der Waals surface area contributed by atoms with Gasteiger partial charge in [0.2, 0.25) is 0 Å². The molecule has 1 heterocycles. The van der Waals surface area contributed by atoms with Gasteiger partial charge < -0.3 is 20.3 Å². The second kappa shape index (κ2) is 5.69. The molecule has 4 heteroatoms. The van der Waals surface area contributed by atoms with Crippen molar-refractivity contribution in [3.05, 3.63) is 29.8 Å². The number of para-hydroxylation sites is 1. The zero-order valence-electron chi connectivity index (χ0n) is 10.7. The summed E-state index contributed by atoms with van der Waals surface area (Å²) in [5.41, 5.74) is 0.769. The normalized spacial score (nSPS) is 19.2. The molecule has 4 nitrogen and oxygen atoms in total. The van der Waals surface area contributed by atoms with E-state index in [1.54, 1.807) is 6.07 Å². The first-order valence-electron chi connectivity index (χ1n) is 6.41. The number of aliphatic hydroxyl groups excluding tert-OH is 1. The monoisotopic (exact) mass is 251 g/mol. The molecule has 100 valence electrons. The lowest BCUT2D eigenvalue weighted by atomic mass is 9.86. The highest BCUT2D eigenvalue weighted by molar-refractivity contribution is 5.34. The Morgan fingerprint density at radius 2 is 2.11 bits per heavy atom.